The fourth-order valence-electron chi connectivity index (χ4n) is 2.65. The maximum Gasteiger partial charge on any atom is 0.231 e. The summed E-state index contributed by atoms with van der Waals surface area (Å²) in [6, 6.07) is 16.7. The van der Waals surface area contributed by atoms with Crippen molar-refractivity contribution in [2.24, 2.45) is 5.73 Å². The van der Waals surface area contributed by atoms with E-state index in [0.29, 0.717) is 19.3 Å². The summed E-state index contributed by atoms with van der Waals surface area (Å²) in [5, 5.41) is 0. The van der Waals surface area contributed by atoms with E-state index in [1.54, 1.807) is 0 Å². The van der Waals surface area contributed by atoms with E-state index in [2.05, 4.69) is 36.4 Å². The number of ether oxygens (including phenoxy) is 2. The third-order valence-corrected chi connectivity index (χ3v) is 3.71. The summed E-state index contributed by atoms with van der Waals surface area (Å²) in [4.78, 5) is 0. The van der Waals surface area contributed by atoms with E-state index in [4.69, 9.17) is 15.2 Å². The van der Waals surface area contributed by atoms with Gasteiger partial charge in [0.05, 0.1) is 0 Å². The minimum absolute atomic E-state index is 0.318. The lowest BCUT2D eigenvalue weighted by molar-refractivity contribution is 0.174. The van der Waals surface area contributed by atoms with Gasteiger partial charge in [0.25, 0.3) is 0 Å². The van der Waals surface area contributed by atoms with Gasteiger partial charge in [0.15, 0.2) is 11.5 Å². The van der Waals surface area contributed by atoms with E-state index in [1.165, 1.54) is 11.1 Å². The van der Waals surface area contributed by atoms with Crippen LogP contribution in [0.2, 0.25) is 0 Å². The summed E-state index contributed by atoms with van der Waals surface area (Å²) in [5.74, 6) is 2.09. The monoisotopic (exact) mass is 269 g/mol. The van der Waals surface area contributed by atoms with Crippen LogP contribution in [0.4, 0.5) is 0 Å². The van der Waals surface area contributed by atoms with Crippen molar-refractivity contribution < 1.29 is 9.47 Å². The van der Waals surface area contributed by atoms with Crippen molar-refractivity contribution >= 4 is 0 Å². The maximum absolute atomic E-state index is 5.78. The fraction of sp³-hybridized carbons (Fsp3) is 0.294. The van der Waals surface area contributed by atoms with Gasteiger partial charge in [-0.05, 0) is 48.6 Å². The lowest BCUT2D eigenvalue weighted by Crippen LogP contribution is -2.10. The maximum atomic E-state index is 5.78. The molecule has 1 unspecified atom stereocenters. The van der Waals surface area contributed by atoms with E-state index in [0.717, 1.165) is 24.3 Å². The van der Waals surface area contributed by atoms with Gasteiger partial charge >= 0.3 is 0 Å². The van der Waals surface area contributed by atoms with Gasteiger partial charge < -0.3 is 15.2 Å². The summed E-state index contributed by atoms with van der Waals surface area (Å²) >= 11 is 0. The summed E-state index contributed by atoms with van der Waals surface area (Å²) in [6.45, 7) is 1.00. The zero-order chi connectivity index (χ0) is 13.8. The Hall–Kier alpha value is -2.00. The molecule has 2 N–H and O–H groups in total. The molecule has 0 spiro atoms. The van der Waals surface area contributed by atoms with Crippen LogP contribution in [0, 0.1) is 0 Å². The Labute approximate surface area is 119 Å². The predicted octanol–water partition coefficient (Wildman–Crippen LogP) is 3.09. The molecule has 0 amide bonds. The summed E-state index contributed by atoms with van der Waals surface area (Å²) in [6.07, 6.45) is 1.96. The Morgan fingerprint density at radius 3 is 2.60 bits per heavy atom. The molecule has 1 heterocycles. The summed E-state index contributed by atoms with van der Waals surface area (Å²) in [7, 11) is 0. The fourth-order valence-corrected chi connectivity index (χ4v) is 2.65. The van der Waals surface area contributed by atoms with Crippen molar-refractivity contribution in [3.8, 4) is 11.5 Å². The van der Waals surface area contributed by atoms with E-state index < -0.39 is 0 Å². The minimum atomic E-state index is 0.318. The molecule has 0 bridgehead atoms. The van der Waals surface area contributed by atoms with E-state index in [1.807, 2.05) is 12.1 Å². The van der Waals surface area contributed by atoms with Gasteiger partial charge in [-0.1, -0.05) is 36.4 Å². The van der Waals surface area contributed by atoms with Crippen LogP contribution in [0.5, 0.6) is 11.5 Å². The van der Waals surface area contributed by atoms with Gasteiger partial charge in [-0.15, -0.1) is 0 Å². The minimum Gasteiger partial charge on any atom is -0.454 e. The van der Waals surface area contributed by atoms with Gasteiger partial charge in [0.1, 0.15) is 0 Å². The first kappa shape index (κ1) is 13.0. The molecule has 0 saturated carbocycles. The molecule has 1 aliphatic rings. The van der Waals surface area contributed by atoms with Crippen molar-refractivity contribution in [1.82, 2.24) is 0 Å². The second-order valence-electron chi connectivity index (χ2n) is 5.08. The third-order valence-electron chi connectivity index (χ3n) is 3.71. The molecule has 0 aliphatic carbocycles. The Kier molecular flexibility index (Phi) is 3.88. The predicted molar refractivity (Wildman–Crippen MR) is 79.1 cm³/mol. The first-order valence-corrected chi connectivity index (χ1v) is 7.00. The molecular weight excluding hydrogens is 250 g/mol. The molecule has 0 saturated heterocycles. The zero-order valence-electron chi connectivity index (χ0n) is 11.4. The van der Waals surface area contributed by atoms with Crippen LogP contribution in [0.1, 0.15) is 23.5 Å². The van der Waals surface area contributed by atoms with Crippen LogP contribution in [0.3, 0.4) is 0 Å². The van der Waals surface area contributed by atoms with Gasteiger partial charge in [0, 0.05) is 0 Å². The molecule has 1 atom stereocenters. The van der Waals surface area contributed by atoms with Crippen LogP contribution in [-0.4, -0.2) is 13.3 Å². The molecular formula is C17H19NO2. The summed E-state index contributed by atoms with van der Waals surface area (Å²) < 4.78 is 10.8. The van der Waals surface area contributed by atoms with E-state index in [-0.39, 0.29) is 0 Å². The highest BCUT2D eigenvalue weighted by atomic mass is 16.7. The molecule has 20 heavy (non-hydrogen) atoms. The second kappa shape index (κ2) is 5.97. The normalized spacial score (nSPS) is 14.2. The zero-order valence-corrected chi connectivity index (χ0v) is 11.4. The number of fused-ring (bicyclic) bond motifs is 1. The smallest absolute Gasteiger partial charge is 0.231 e. The number of rotatable bonds is 5. The molecule has 2 aromatic carbocycles. The lowest BCUT2D eigenvalue weighted by Gasteiger charge is -2.17. The first-order valence-electron chi connectivity index (χ1n) is 7.00. The molecule has 0 radical (unpaired) electrons. The van der Waals surface area contributed by atoms with Crippen LogP contribution < -0.4 is 15.2 Å². The van der Waals surface area contributed by atoms with Crippen LogP contribution >= 0.6 is 0 Å². The molecule has 0 aromatic heterocycles. The average molecular weight is 269 g/mol. The first-order chi connectivity index (χ1) is 9.86. The van der Waals surface area contributed by atoms with Gasteiger partial charge in [-0.2, -0.15) is 0 Å². The highest BCUT2D eigenvalue weighted by molar-refractivity contribution is 5.45. The molecule has 3 rings (SSSR count). The average Bonchev–Trinajstić information content (AvgIpc) is 2.95. The van der Waals surface area contributed by atoms with E-state index in [9.17, 15) is 0 Å². The number of benzene rings is 2. The molecule has 2 aromatic rings. The van der Waals surface area contributed by atoms with Gasteiger partial charge in [-0.25, -0.2) is 0 Å². The Morgan fingerprint density at radius 2 is 1.80 bits per heavy atom. The Morgan fingerprint density at radius 1 is 1.00 bits per heavy atom. The number of hydrogen-bond acceptors (Lipinski definition) is 3. The highest BCUT2D eigenvalue weighted by Crippen LogP contribution is 2.36. The quantitative estimate of drug-likeness (QED) is 0.907. The standard InChI is InChI=1S/C17H19NO2/c18-9-8-15(10-13-4-2-1-3-5-13)14-6-7-16-17(11-14)20-12-19-16/h1-7,11,15H,8-10,12,18H2. The van der Waals surface area contributed by atoms with Crippen molar-refractivity contribution in [3.05, 3.63) is 59.7 Å². The van der Waals surface area contributed by atoms with Crippen molar-refractivity contribution in [2.75, 3.05) is 13.3 Å². The molecule has 3 nitrogen and oxygen atoms in total. The molecule has 1 aliphatic heterocycles. The van der Waals surface area contributed by atoms with Crippen LogP contribution in [-0.2, 0) is 6.42 Å². The Balaban J connectivity index is 1.83. The van der Waals surface area contributed by atoms with Crippen molar-refractivity contribution in [3.63, 3.8) is 0 Å². The topological polar surface area (TPSA) is 44.5 Å². The van der Waals surface area contributed by atoms with E-state index >= 15 is 0 Å². The number of nitrogens with two attached hydrogens (primary N) is 1. The lowest BCUT2D eigenvalue weighted by atomic mass is 9.89. The SMILES string of the molecule is NCCC(Cc1ccccc1)c1ccc2c(c1)OCO2. The van der Waals surface area contributed by atoms with Crippen molar-refractivity contribution in [1.29, 1.82) is 0 Å². The van der Waals surface area contributed by atoms with Crippen LogP contribution in [0.25, 0.3) is 0 Å². The number of hydrogen-bond donors (Lipinski definition) is 1. The molecule has 3 heteroatoms. The van der Waals surface area contributed by atoms with Gasteiger partial charge in [0.2, 0.25) is 6.79 Å². The molecule has 0 fully saturated rings. The van der Waals surface area contributed by atoms with Crippen LogP contribution in [0.15, 0.2) is 48.5 Å². The second-order valence-corrected chi connectivity index (χ2v) is 5.08. The molecule has 104 valence electrons. The third kappa shape index (κ3) is 2.78. The summed E-state index contributed by atoms with van der Waals surface area (Å²) in [5.41, 5.74) is 8.38. The largest absolute Gasteiger partial charge is 0.454 e. The highest BCUT2D eigenvalue weighted by Gasteiger charge is 2.18. The van der Waals surface area contributed by atoms with Crippen molar-refractivity contribution in [2.45, 2.75) is 18.8 Å². The Bertz CT molecular complexity index is 568. The van der Waals surface area contributed by atoms with Gasteiger partial charge in [-0.3, -0.25) is 0 Å².